The summed E-state index contributed by atoms with van der Waals surface area (Å²) in [7, 11) is 0. The second kappa shape index (κ2) is 5.88. The van der Waals surface area contributed by atoms with Gasteiger partial charge in [0.2, 0.25) is 0 Å². The van der Waals surface area contributed by atoms with Gasteiger partial charge in [0.15, 0.2) is 0 Å². The summed E-state index contributed by atoms with van der Waals surface area (Å²) in [6.45, 7) is 2.30. The summed E-state index contributed by atoms with van der Waals surface area (Å²) in [5.74, 6) is 2.42. The van der Waals surface area contributed by atoms with E-state index in [1.807, 2.05) is 0 Å². The zero-order chi connectivity index (χ0) is 12.6. The van der Waals surface area contributed by atoms with E-state index >= 15 is 0 Å². The van der Waals surface area contributed by atoms with Crippen LogP contribution >= 0.6 is 0 Å². The molecule has 1 nitrogen and oxygen atoms in total. The van der Waals surface area contributed by atoms with Crippen LogP contribution < -0.4 is 32.7 Å². The number of rotatable bonds is 2. The van der Waals surface area contributed by atoms with Crippen molar-refractivity contribution in [2.75, 3.05) is 0 Å². The molecule has 1 radical (unpaired) electrons. The van der Waals surface area contributed by atoms with Crippen LogP contribution in [0.25, 0.3) is 0 Å². The normalized spacial score (nSPS) is 14.6. The average Bonchev–Trinajstić information content (AvgIpc) is 2.40. The van der Waals surface area contributed by atoms with Crippen molar-refractivity contribution < 1.29 is 28.7 Å². The Hall–Kier alpha value is -0.472. The van der Waals surface area contributed by atoms with Crippen LogP contribution in [0.15, 0.2) is 48.5 Å². The predicted octanol–water partition coefficient (Wildman–Crippen LogP) is 0.262. The minimum absolute atomic E-state index is 0. The first-order chi connectivity index (χ1) is 8.75. The van der Waals surface area contributed by atoms with Crippen molar-refractivity contribution in [1.29, 1.82) is 0 Å². The molecular weight excluding hydrogens is 410 g/mol. The van der Waals surface area contributed by atoms with Gasteiger partial charge in [-0.15, -0.1) is 0 Å². The van der Waals surface area contributed by atoms with E-state index < -0.39 is 13.6 Å². The van der Waals surface area contributed by atoms with Crippen LogP contribution in [0.5, 0.6) is 11.5 Å². The van der Waals surface area contributed by atoms with Crippen molar-refractivity contribution in [2.24, 2.45) is 0 Å². The standard InChI is InChI=1S/C16H18AsO.HI/c1-3-12-17(2)13-8-4-6-10-15(13)18-16-11-7-5-9-14(16)17;/h4-11H,3,12H2,1-2H3;1H. The van der Waals surface area contributed by atoms with Gasteiger partial charge in [0, 0.05) is 0 Å². The summed E-state index contributed by atoms with van der Waals surface area (Å²) in [5, 5.41) is 1.34. The predicted molar refractivity (Wildman–Crippen MR) is 80.0 cm³/mol. The third-order valence-corrected chi connectivity index (χ3v) is 12.6. The molecule has 2 aromatic rings. The summed E-state index contributed by atoms with van der Waals surface area (Å²) in [6, 6.07) is 17.5. The Labute approximate surface area is 134 Å². The fourth-order valence-corrected chi connectivity index (χ4v) is 10.7. The summed E-state index contributed by atoms with van der Waals surface area (Å²) in [6.07, 6.45) is 1.26. The second-order valence-electron chi connectivity index (χ2n) is 5.00. The van der Waals surface area contributed by atoms with E-state index in [9.17, 15) is 0 Å². The molecule has 0 amide bonds. The first-order valence-electron chi connectivity index (χ1n) is 6.52. The molecule has 0 aliphatic carbocycles. The summed E-state index contributed by atoms with van der Waals surface area (Å²) < 4.78 is 7.91. The molecule has 101 valence electrons. The van der Waals surface area contributed by atoms with Crippen molar-refractivity contribution in [3.63, 3.8) is 0 Å². The van der Waals surface area contributed by atoms with Gasteiger partial charge in [-0.25, -0.2) is 0 Å². The Bertz CT molecular complexity index is 537. The molecule has 1 heterocycles. The van der Waals surface area contributed by atoms with Gasteiger partial charge >= 0.3 is 111 Å². The molecule has 0 unspecified atom stereocenters. The van der Waals surface area contributed by atoms with E-state index in [1.165, 1.54) is 31.8 Å². The smallest absolute Gasteiger partial charge is 1.00 e. The molecule has 1 N–H and O–H groups in total. The third kappa shape index (κ3) is 2.45. The minimum Gasteiger partial charge on any atom is -1.00 e. The van der Waals surface area contributed by atoms with Crippen LogP contribution in [0.3, 0.4) is 0 Å². The number of ether oxygens (including phenoxy) is 1. The van der Waals surface area contributed by atoms with Crippen molar-refractivity contribution in [1.82, 2.24) is 0 Å². The molecule has 0 saturated heterocycles. The monoisotopic (exact) mass is 429 g/mol. The van der Waals surface area contributed by atoms with Crippen LogP contribution in [0.1, 0.15) is 13.3 Å². The quantitative estimate of drug-likeness (QED) is 0.370. The molecule has 19 heavy (non-hydrogen) atoms. The molecule has 0 fully saturated rings. The molecule has 0 saturated carbocycles. The van der Waals surface area contributed by atoms with Crippen LogP contribution in [0.4, 0.5) is 0 Å². The molecule has 3 heteroatoms. The van der Waals surface area contributed by atoms with E-state index in [0.717, 1.165) is 0 Å². The van der Waals surface area contributed by atoms with E-state index in [1.54, 1.807) is 0 Å². The Kier molecular flexibility index (Phi) is 4.62. The number of benzene rings is 2. The maximum absolute atomic E-state index is 4.83. The molecule has 1 aliphatic heterocycles. The Morgan fingerprint density at radius 2 is 1.37 bits per heavy atom. The van der Waals surface area contributed by atoms with Gasteiger partial charge in [0.25, 0.3) is 0 Å². The van der Waals surface area contributed by atoms with Gasteiger partial charge in [0.05, 0.1) is 0 Å². The van der Waals surface area contributed by atoms with Gasteiger partial charge in [-0.3, -0.25) is 0 Å². The SMILES string of the molecule is CCC[As]1(C)c2ccccc2[OH+]c2ccccc21.[I-]. The number of halogens is 1. The Morgan fingerprint density at radius 1 is 0.895 bits per heavy atom. The van der Waals surface area contributed by atoms with E-state index in [2.05, 4.69) is 61.2 Å². The van der Waals surface area contributed by atoms with Gasteiger partial charge in [-0.1, -0.05) is 0 Å². The van der Waals surface area contributed by atoms with Gasteiger partial charge in [-0.2, -0.15) is 0 Å². The van der Waals surface area contributed by atoms with E-state index in [4.69, 9.17) is 4.74 Å². The van der Waals surface area contributed by atoms with Crippen LogP contribution in [-0.4, -0.2) is 18.3 Å². The number of hydrogen-bond acceptors (Lipinski definition) is 0. The summed E-state index contributed by atoms with van der Waals surface area (Å²) in [4.78, 5) is 0. The molecule has 0 atom stereocenters. The van der Waals surface area contributed by atoms with Gasteiger partial charge < -0.3 is 24.0 Å². The van der Waals surface area contributed by atoms with Crippen molar-refractivity contribution in [3.05, 3.63) is 48.5 Å². The first kappa shape index (κ1) is 14.9. The molecule has 0 bridgehead atoms. The van der Waals surface area contributed by atoms with Crippen LogP contribution in [0, 0.1) is 0 Å². The zero-order valence-electron chi connectivity index (χ0n) is 11.3. The molecule has 1 aliphatic rings. The van der Waals surface area contributed by atoms with Gasteiger partial charge in [0.1, 0.15) is 0 Å². The molecule has 3 rings (SSSR count). The topological polar surface area (TPSA) is 12.8 Å². The van der Waals surface area contributed by atoms with Crippen molar-refractivity contribution in [2.45, 2.75) is 24.3 Å². The van der Waals surface area contributed by atoms with E-state index in [-0.39, 0.29) is 24.0 Å². The first-order valence-corrected chi connectivity index (χ1v) is 11.6. The average molecular weight is 429 g/mol. The molecule has 2 aromatic carbocycles. The molecule has 0 aromatic heterocycles. The van der Waals surface area contributed by atoms with Crippen LogP contribution in [0.2, 0.25) is 10.9 Å². The Morgan fingerprint density at radius 3 is 1.84 bits per heavy atom. The van der Waals surface area contributed by atoms with Crippen LogP contribution in [-0.2, 0) is 0 Å². The summed E-state index contributed by atoms with van der Waals surface area (Å²) in [5.41, 5.74) is 2.52. The summed E-state index contributed by atoms with van der Waals surface area (Å²) >= 11 is -1.97. The minimum atomic E-state index is -1.97. The van der Waals surface area contributed by atoms with E-state index in [0.29, 0.717) is 0 Å². The zero-order valence-corrected chi connectivity index (χ0v) is 15.3. The molecular formula is C16H19AsIO. The number of para-hydroxylation sites is 2. The Balaban J connectivity index is 0.00000133. The third-order valence-electron chi connectivity index (χ3n) is 3.74. The fourth-order valence-electron chi connectivity index (χ4n) is 2.90. The second-order valence-corrected chi connectivity index (χ2v) is 13.0. The number of hydrogen-bond donors (Lipinski definition) is 0. The maximum Gasteiger partial charge on any atom is -1.00 e. The fraction of sp³-hybridized carbons (Fsp3) is 0.250. The van der Waals surface area contributed by atoms with Gasteiger partial charge in [-0.05, 0) is 0 Å². The molecule has 0 spiro atoms. The number of fused-ring (bicyclic) bond motifs is 2. The maximum atomic E-state index is 4.83. The van der Waals surface area contributed by atoms with Crippen molar-refractivity contribution in [3.8, 4) is 11.5 Å². The number of aromatic hydroxyl groups is 2. The van der Waals surface area contributed by atoms with Crippen molar-refractivity contribution >= 4 is 22.3 Å². The largest absolute Gasteiger partial charge is 1.00 e.